The fourth-order valence-corrected chi connectivity index (χ4v) is 1.99. The van der Waals surface area contributed by atoms with E-state index in [1.54, 1.807) is 14.0 Å². The molecule has 0 aromatic heterocycles. The van der Waals surface area contributed by atoms with Crippen LogP contribution in [0.5, 0.6) is 0 Å². The van der Waals surface area contributed by atoms with Gasteiger partial charge in [-0.2, -0.15) is 0 Å². The van der Waals surface area contributed by atoms with E-state index in [0.717, 1.165) is 6.42 Å². The van der Waals surface area contributed by atoms with Crippen LogP contribution < -0.4 is 5.32 Å². The van der Waals surface area contributed by atoms with Crippen LogP contribution in [0, 0.1) is 0 Å². The highest BCUT2D eigenvalue weighted by Crippen LogP contribution is 2.06. The Morgan fingerprint density at radius 2 is 1.91 bits per heavy atom. The summed E-state index contributed by atoms with van der Waals surface area (Å²) in [6.07, 6.45) is 2.11. The predicted octanol–water partition coefficient (Wildman–Crippen LogP) is 0.417. The summed E-state index contributed by atoms with van der Waals surface area (Å²) in [5.74, 6) is 0. The molecule has 68 valence electrons. The third-order valence-electron chi connectivity index (χ3n) is 2.05. The molecule has 0 radical (unpaired) electrons. The van der Waals surface area contributed by atoms with E-state index in [1.807, 2.05) is 6.92 Å². The van der Waals surface area contributed by atoms with Crippen molar-refractivity contribution in [1.29, 1.82) is 0 Å². The second-order valence-electron chi connectivity index (χ2n) is 2.84. The first-order chi connectivity index (χ1) is 4.93. The van der Waals surface area contributed by atoms with Crippen LogP contribution in [-0.4, -0.2) is 33.0 Å². The number of nitrogens with one attached hydrogen (secondary N) is 1. The fourth-order valence-electron chi connectivity index (χ4n) is 1.07. The monoisotopic (exact) mass is 179 g/mol. The summed E-state index contributed by atoms with van der Waals surface area (Å²) in [5, 5.41) is 2.68. The topological polar surface area (TPSA) is 46.2 Å². The maximum absolute atomic E-state index is 11.1. The highest BCUT2D eigenvalue weighted by atomic mass is 32.2. The minimum Gasteiger partial charge on any atom is -0.316 e. The molecule has 0 bridgehead atoms. The van der Waals surface area contributed by atoms with Crippen molar-refractivity contribution in [2.45, 2.75) is 31.6 Å². The Morgan fingerprint density at radius 1 is 1.45 bits per heavy atom. The maximum Gasteiger partial charge on any atom is 0.151 e. The van der Waals surface area contributed by atoms with Gasteiger partial charge in [0.15, 0.2) is 9.84 Å². The zero-order valence-electron chi connectivity index (χ0n) is 7.59. The number of hydrogen-bond acceptors (Lipinski definition) is 3. The molecule has 11 heavy (non-hydrogen) atoms. The molecular formula is C7H17NO2S. The third-order valence-corrected chi connectivity index (χ3v) is 3.73. The van der Waals surface area contributed by atoms with E-state index >= 15 is 0 Å². The largest absolute Gasteiger partial charge is 0.316 e. The van der Waals surface area contributed by atoms with Crippen LogP contribution in [0.1, 0.15) is 20.3 Å². The van der Waals surface area contributed by atoms with Crippen molar-refractivity contribution < 1.29 is 8.42 Å². The van der Waals surface area contributed by atoms with Crippen LogP contribution in [0.3, 0.4) is 0 Å². The Morgan fingerprint density at radius 3 is 2.00 bits per heavy atom. The third kappa shape index (κ3) is 3.20. The van der Waals surface area contributed by atoms with Crippen LogP contribution in [0.2, 0.25) is 0 Å². The molecular weight excluding hydrogens is 162 g/mol. The molecule has 0 rings (SSSR count). The summed E-state index contributed by atoms with van der Waals surface area (Å²) < 4.78 is 22.1. The molecule has 0 aromatic carbocycles. The van der Waals surface area contributed by atoms with Crippen molar-refractivity contribution in [2.75, 3.05) is 13.3 Å². The maximum atomic E-state index is 11.1. The first-order valence-electron chi connectivity index (χ1n) is 3.79. The van der Waals surface area contributed by atoms with E-state index in [4.69, 9.17) is 0 Å². The first kappa shape index (κ1) is 10.9. The molecule has 0 amide bonds. The molecule has 0 fully saturated rings. The van der Waals surface area contributed by atoms with Gasteiger partial charge in [-0.1, -0.05) is 6.92 Å². The molecule has 0 spiro atoms. The van der Waals surface area contributed by atoms with Crippen LogP contribution in [0.25, 0.3) is 0 Å². The number of rotatable bonds is 4. The van der Waals surface area contributed by atoms with Gasteiger partial charge in [-0.3, -0.25) is 0 Å². The predicted molar refractivity (Wildman–Crippen MR) is 47.4 cm³/mol. The average molecular weight is 179 g/mol. The van der Waals surface area contributed by atoms with Gasteiger partial charge >= 0.3 is 0 Å². The Kier molecular flexibility index (Phi) is 4.03. The molecule has 0 saturated heterocycles. The van der Waals surface area contributed by atoms with Gasteiger partial charge < -0.3 is 5.32 Å². The van der Waals surface area contributed by atoms with Gasteiger partial charge in [-0.15, -0.1) is 0 Å². The van der Waals surface area contributed by atoms with Crippen LogP contribution in [0.15, 0.2) is 0 Å². The quantitative estimate of drug-likeness (QED) is 0.680. The fraction of sp³-hybridized carbons (Fsp3) is 1.00. The van der Waals surface area contributed by atoms with Crippen molar-refractivity contribution in [3.05, 3.63) is 0 Å². The zero-order chi connectivity index (χ0) is 9.07. The van der Waals surface area contributed by atoms with Crippen molar-refractivity contribution in [2.24, 2.45) is 0 Å². The lowest BCUT2D eigenvalue weighted by Crippen LogP contribution is -2.39. The van der Waals surface area contributed by atoms with E-state index in [2.05, 4.69) is 5.32 Å². The Hall–Kier alpha value is -0.0900. The van der Waals surface area contributed by atoms with Gasteiger partial charge in [0.25, 0.3) is 0 Å². The van der Waals surface area contributed by atoms with E-state index in [9.17, 15) is 8.42 Å². The molecule has 0 heterocycles. The van der Waals surface area contributed by atoms with Gasteiger partial charge in [0.1, 0.15) is 0 Å². The lowest BCUT2D eigenvalue weighted by Gasteiger charge is -2.19. The van der Waals surface area contributed by atoms with Crippen LogP contribution in [-0.2, 0) is 9.84 Å². The second kappa shape index (κ2) is 4.07. The summed E-state index contributed by atoms with van der Waals surface area (Å²) >= 11 is 0. The van der Waals surface area contributed by atoms with Crippen LogP contribution >= 0.6 is 0 Å². The Labute approximate surface area is 69.1 Å². The molecule has 0 aliphatic heterocycles. The van der Waals surface area contributed by atoms with Gasteiger partial charge in [0, 0.05) is 12.3 Å². The van der Waals surface area contributed by atoms with E-state index in [0.29, 0.717) is 0 Å². The van der Waals surface area contributed by atoms with Gasteiger partial charge in [-0.25, -0.2) is 8.42 Å². The number of hydrogen-bond donors (Lipinski definition) is 1. The van der Waals surface area contributed by atoms with Crippen molar-refractivity contribution in [1.82, 2.24) is 5.32 Å². The average Bonchev–Trinajstić information content (AvgIpc) is 1.88. The molecule has 0 aromatic rings. The minimum atomic E-state index is -2.89. The van der Waals surface area contributed by atoms with E-state index < -0.39 is 9.84 Å². The lowest BCUT2D eigenvalue weighted by molar-refractivity contribution is 0.508. The standard InChI is InChI=1S/C7H17NO2S/c1-5-7(8-3)6(2)11(4,9)10/h6-8H,5H2,1-4H3. The Balaban J connectivity index is 4.33. The summed E-state index contributed by atoms with van der Waals surface area (Å²) in [6, 6.07) is 0.0741. The molecule has 4 heteroatoms. The SMILES string of the molecule is CCC(NC)C(C)S(C)(=O)=O. The lowest BCUT2D eigenvalue weighted by atomic mass is 10.2. The minimum absolute atomic E-state index is 0.0741. The van der Waals surface area contributed by atoms with Gasteiger partial charge in [-0.05, 0) is 20.4 Å². The molecule has 2 atom stereocenters. The molecule has 0 saturated carbocycles. The summed E-state index contributed by atoms with van der Waals surface area (Å²) in [6.45, 7) is 3.71. The van der Waals surface area contributed by atoms with Crippen molar-refractivity contribution >= 4 is 9.84 Å². The molecule has 3 nitrogen and oxygen atoms in total. The zero-order valence-corrected chi connectivity index (χ0v) is 8.40. The second-order valence-corrected chi connectivity index (χ2v) is 5.24. The van der Waals surface area contributed by atoms with Crippen molar-refractivity contribution in [3.63, 3.8) is 0 Å². The summed E-state index contributed by atoms with van der Waals surface area (Å²) in [5.41, 5.74) is 0. The molecule has 0 aliphatic rings. The van der Waals surface area contributed by atoms with E-state index in [1.165, 1.54) is 6.26 Å². The number of sulfone groups is 1. The van der Waals surface area contributed by atoms with Crippen molar-refractivity contribution in [3.8, 4) is 0 Å². The normalized spacial score (nSPS) is 17.8. The molecule has 2 unspecified atom stereocenters. The Bertz CT molecular complexity index is 194. The van der Waals surface area contributed by atoms with Crippen LogP contribution in [0.4, 0.5) is 0 Å². The summed E-state index contributed by atoms with van der Waals surface area (Å²) in [4.78, 5) is 0. The molecule has 1 N–H and O–H groups in total. The van der Waals surface area contributed by atoms with Gasteiger partial charge in [0.2, 0.25) is 0 Å². The highest BCUT2D eigenvalue weighted by molar-refractivity contribution is 7.91. The summed E-state index contributed by atoms with van der Waals surface area (Å²) in [7, 11) is -1.10. The highest BCUT2D eigenvalue weighted by Gasteiger charge is 2.22. The van der Waals surface area contributed by atoms with Gasteiger partial charge in [0.05, 0.1) is 5.25 Å². The van der Waals surface area contributed by atoms with E-state index in [-0.39, 0.29) is 11.3 Å². The first-order valence-corrected chi connectivity index (χ1v) is 5.75. The molecule has 0 aliphatic carbocycles. The smallest absolute Gasteiger partial charge is 0.151 e.